The van der Waals surface area contributed by atoms with E-state index in [4.69, 9.17) is 4.74 Å². The van der Waals surface area contributed by atoms with Crippen molar-refractivity contribution in [1.29, 1.82) is 0 Å². The fourth-order valence-electron chi connectivity index (χ4n) is 4.60. The Kier molecular flexibility index (Phi) is 6.65. The third-order valence-corrected chi connectivity index (χ3v) is 6.38. The average molecular weight is 451 g/mol. The number of hydrogen-bond donors (Lipinski definition) is 2. The van der Waals surface area contributed by atoms with E-state index in [1.807, 2.05) is 44.2 Å². The van der Waals surface area contributed by atoms with Crippen molar-refractivity contribution in [3.63, 3.8) is 0 Å². The number of carbonyl (C=O) groups excluding carboxylic acids is 3. The highest BCUT2D eigenvalue weighted by molar-refractivity contribution is 6.01. The minimum Gasteiger partial charge on any atom is -0.497 e. The van der Waals surface area contributed by atoms with E-state index in [0.29, 0.717) is 18.7 Å². The molecule has 8 heteroatoms. The van der Waals surface area contributed by atoms with Gasteiger partial charge in [0.2, 0.25) is 11.8 Å². The Bertz CT molecular complexity index is 1030. The normalized spacial score (nSPS) is 20.5. The third-order valence-electron chi connectivity index (χ3n) is 6.38. The number of carbonyl (C=O) groups is 3. The SMILES string of the molecule is COc1ccc(CN2C(=O)C3CCCNC3N(CC(=O)Nc3c(C)cccc3C)C2=O)cc1. The molecule has 2 aliphatic rings. The molecule has 0 saturated carbocycles. The number of imide groups is 1. The maximum absolute atomic E-state index is 13.4. The Hall–Kier alpha value is -3.39. The van der Waals surface area contributed by atoms with Crippen LogP contribution >= 0.6 is 0 Å². The van der Waals surface area contributed by atoms with Gasteiger partial charge >= 0.3 is 6.03 Å². The van der Waals surface area contributed by atoms with Crippen molar-refractivity contribution in [3.05, 3.63) is 59.2 Å². The van der Waals surface area contributed by atoms with Crippen LogP contribution in [0.4, 0.5) is 10.5 Å². The molecule has 0 aromatic heterocycles. The molecule has 2 fully saturated rings. The molecular formula is C25H30N4O4. The van der Waals surface area contributed by atoms with Gasteiger partial charge in [-0.15, -0.1) is 0 Å². The lowest BCUT2D eigenvalue weighted by Gasteiger charge is -2.46. The van der Waals surface area contributed by atoms with E-state index in [0.717, 1.165) is 28.8 Å². The van der Waals surface area contributed by atoms with Crippen LogP contribution in [-0.2, 0) is 16.1 Å². The summed E-state index contributed by atoms with van der Waals surface area (Å²) in [5.74, 6) is -0.149. The number of benzene rings is 2. The second-order valence-electron chi connectivity index (χ2n) is 8.65. The number of fused-ring (bicyclic) bond motifs is 1. The quantitative estimate of drug-likeness (QED) is 0.706. The monoisotopic (exact) mass is 450 g/mol. The van der Waals surface area contributed by atoms with Gasteiger partial charge in [-0.25, -0.2) is 4.79 Å². The summed E-state index contributed by atoms with van der Waals surface area (Å²) < 4.78 is 5.19. The van der Waals surface area contributed by atoms with Crippen molar-refractivity contribution < 1.29 is 19.1 Å². The van der Waals surface area contributed by atoms with Crippen LogP contribution < -0.4 is 15.4 Å². The predicted molar refractivity (Wildman–Crippen MR) is 125 cm³/mol. The molecule has 2 unspecified atom stereocenters. The molecule has 4 rings (SSSR count). The number of para-hydroxylation sites is 1. The van der Waals surface area contributed by atoms with Gasteiger partial charge in [-0.2, -0.15) is 0 Å². The predicted octanol–water partition coefficient (Wildman–Crippen LogP) is 3.04. The second kappa shape index (κ2) is 9.62. The minimum atomic E-state index is -0.477. The first-order valence-corrected chi connectivity index (χ1v) is 11.2. The number of methoxy groups -OCH3 is 1. The number of nitrogens with zero attached hydrogens (tertiary/aromatic N) is 2. The van der Waals surface area contributed by atoms with Crippen LogP contribution in [0.1, 0.15) is 29.5 Å². The van der Waals surface area contributed by atoms with Gasteiger partial charge in [-0.1, -0.05) is 30.3 Å². The standard InChI is InChI=1S/C25H30N4O4/c1-16-6-4-7-17(2)22(16)27-21(30)15-28-23-20(8-5-13-26-23)24(31)29(25(28)32)14-18-9-11-19(33-3)12-10-18/h4,6-7,9-12,20,23,26H,5,8,13-15H2,1-3H3,(H,27,30). The molecule has 2 atom stereocenters. The Morgan fingerprint density at radius 2 is 1.82 bits per heavy atom. The first kappa shape index (κ1) is 22.8. The first-order chi connectivity index (χ1) is 15.9. The molecular weight excluding hydrogens is 420 g/mol. The van der Waals surface area contributed by atoms with E-state index in [2.05, 4.69) is 10.6 Å². The first-order valence-electron chi connectivity index (χ1n) is 11.2. The van der Waals surface area contributed by atoms with E-state index in [1.165, 1.54) is 9.80 Å². The highest BCUT2D eigenvalue weighted by atomic mass is 16.5. The fourth-order valence-corrected chi connectivity index (χ4v) is 4.60. The minimum absolute atomic E-state index is 0.132. The molecule has 0 spiro atoms. The number of amides is 4. The van der Waals surface area contributed by atoms with Gasteiger partial charge in [-0.05, 0) is 62.1 Å². The lowest BCUT2D eigenvalue weighted by Crippen LogP contribution is -2.68. The number of nitrogens with one attached hydrogen (secondary N) is 2. The summed E-state index contributed by atoms with van der Waals surface area (Å²) in [6.07, 6.45) is 1.05. The Balaban J connectivity index is 1.55. The highest BCUT2D eigenvalue weighted by Crippen LogP contribution is 2.29. The van der Waals surface area contributed by atoms with Gasteiger partial charge in [0.15, 0.2) is 0 Å². The van der Waals surface area contributed by atoms with E-state index in [-0.39, 0.29) is 30.8 Å². The molecule has 8 nitrogen and oxygen atoms in total. The van der Waals surface area contributed by atoms with Gasteiger partial charge in [0.1, 0.15) is 12.3 Å². The number of aryl methyl sites for hydroxylation is 2. The van der Waals surface area contributed by atoms with Gasteiger partial charge in [0.25, 0.3) is 0 Å². The van der Waals surface area contributed by atoms with Crippen LogP contribution in [0.5, 0.6) is 5.75 Å². The summed E-state index contributed by atoms with van der Waals surface area (Å²) >= 11 is 0. The van der Waals surface area contributed by atoms with Crippen molar-refractivity contribution in [3.8, 4) is 5.75 Å². The molecule has 2 aromatic rings. The van der Waals surface area contributed by atoms with Gasteiger partial charge in [0.05, 0.1) is 25.7 Å². The number of hydrogen-bond acceptors (Lipinski definition) is 5. The van der Waals surface area contributed by atoms with E-state index in [9.17, 15) is 14.4 Å². The topological polar surface area (TPSA) is 91.0 Å². The molecule has 33 heavy (non-hydrogen) atoms. The van der Waals surface area contributed by atoms with E-state index < -0.39 is 12.2 Å². The van der Waals surface area contributed by atoms with Crippen molar-refractivity contribution in [2.75, 3.05) is 25.5 Å². The van der Waals surface area contributed by atoms with Gasteiger partial charge in [-0.3, -0.25) is 24.7 Å². The summed E-state index contributed by atoms with van der Waals surface area (Å²) in [7, 11) is 1.59. The van der Waals surface area contributed by atoms with Crippen LogP contribution in [0.2, 0.25) is 0 Å². The molecule has 0 aliphatic carbocycles. The van der Waals surface area contributed by atoms with Crippen LogP contribution in [-0.4, -0.2) is 54.0 Å². The number of rotatable bonds is 6. The lowest BCUT2D eigenvalue weighted by atomic mass is 9.91. The van der Waals surface area contributed by atoms with Crippen molar-refractivity contribution in [1.82, 2.24) is 15.1 Å². The summed E-state index contributed by atoms with van der Waals surface area (Å²) in [6, 6.07) is 12.6. The number of anilines is 1. The fraction of sp³-hybridized carbons (Fsp3) is 0.400. The molecule has 2 heterocycles. The van der Waals surface area contributed by atoms with Crippen molar-refractivity contribution in [2.24, 2.45) is 5.92 Å². The Morgan fingerprint density at radius 3 is 2.48 bits per heavy atom. The molecule has 2 aliphatic heterocycles. The molecule has 2 saturated heterocycles. The number of piperidine rings is 1. The summed E-state index contributed by atoms with van der Waals surface area (Å²) in [5, 5.41) is 6.24. The Morgan fingerprint density at radius 1 is 1.12 bits per heavy atom. The zero-order chi connectivity index (χ0) is 23.5. The average Bonchev–Trinajstić information content (AvgIpc) is 2.82. The van der Waals surface area contributed by atoms with E-state index >= 15 is 0 Å². The number of urea groups is 1. The number of ether oxygens (including phenoxy) is 1. The van der Waals surface area contributed by atoms with Gasteiger partial charge in [0, 0.05) is 5.69 Å². The van der Waals surface area contributed by atoms with E-state index in [1.54, 1.807) is 19.2 Å². The highest BCUT2D eigenvalue weighted by Gasteiger charge is 2.47. The zero-order valence-electron chi connectivity index (χ0n) is 19.3. The van der Waals surface area contributed by atoms with Crippen LogP contribution in [0, 0.1) is 19.8 Å². The molecule has 2 aromatic carbocycles. The molecule has 0 bridgehead atoms. The van der Waals surface area contributed by atoms with Crippen LogP contribution in [0.15, 0.2) is 42.5 Å². The third kappa shape index (κ3) is 4.71. The van der Waals surface area contributed by atoms with Crippen LogP contribution in [0.3, 0.4) is 0 Å². The maximum Gasteiger partial charge on any atom is 0.328 e. The zero-order valence-corrected chi connectivity index (χ0v) is 19.3. The summed E-state index contributed by atoms with van der Waals surface area (Å²) in [6.45, 7) is 4.59. The van der Waals surface area contributed by atoms with Crippen LogP contribution in [0.25, 0.3) is 0 Å². The smallest absolute Gasteiger partial charge is 0.328 e. The summed E-state index contributed by atoms with van der Waals surface area (Å²) in [4.78, 5) is 42.4. The Labute approximate surface area is 193 Å². The molecule has 2 N–H and O–H groups in total. The maximum atomic E-state index is 13.4. The van der Waals surface area contributed by atoms with Crippen molar-refractivity contribution in [2.45, 2.75) is 39.4 Å². The lowest BCUT2D eigenvalue weighted by molar-refractivity contribution is -0.143. The van der Waals surface area contributed by atoms with Crippen molar-refractivity contribution >= 4 is 23.5 Å². The van der Waals surface area contributed by atoms with Gasteiger partial charge < -0.3 is 10.1 Å². The molecule has 4 amide bonds. The second-order valence-corrected chi connectivity index (χ2v) is 8.65. The largest absolute Gasteiger partial charge is 0.497 e. The molecule has 174 valence electrons. The molecule has 0 radical (unpaired) electrons. The summed E-state index contributed by atoms with van der Waals surface area (Å²) in [5.41, 5.74) is 3.49.